The van der Waals surface area contributed by atoms with Gasteiger partial charge in [-0.25, -0.2) is 8.42 Å². The van der Waals surface area contributed by atoms with Crippen LogP contribution in [0.2, 0.25) is 13.1 Å². The Kier molecular flexibility index (Phi) is 5.38. The molecule has 2 aliphatic rings. The number of ether oxygens (including phenoxy) is 2. The van der Waals surface area contributed by atoms with Crippen molar-refractivity contribution < 1.29 is 27.8 Å². The normalized spacial score (nSPS) is 28.6. The Morgan fingerprint density at radius 2 is 1.77 bits per heavy atom. The number of esters is 1. The van der Waals surface area contributed by atoms with E-state index >= 15 is 0 Å². The molecule has 0 aliphatic carbocycles. The molecule has 2 fully saturated rings. The number of aliphatic hydroxyl groups excluding tert-OH is 1. The van der Waals surface area contributed by atoms with Crippen molar-refractivity contribution >= 4 is 29.3 Å². The molecule has 2 aliphatic heterocycles. The molecule has 4 atom stereocenters. The van der Waals surface area contributed by atoms with E-state index in [4.69, 9.17) is 9.47 Å². The summed E-state index contributed by atoms with van der Waals surface area (Å²) in [6.45, 7) is 6.05. The van der Waals surface area contributed by atoms with Gasteiger partial charge in [-0.05, 0) is 19.1 Å². The Bertz CT molecular complexity index is 1090. The van der Waals surface area contributed by atoms with E-state index in [1.54, 1.807) is 12.1 Å². The minimum atomic E-state index is -4.09. The number of hydrogen-bond donors (Lipinski definition) is 1. The average Bonchev–Trinajstić information content (AvgIpc) is 3.51. The number of benzene rings is 2. The number of aliphatic hydroxyl groups is 1. The van der Waals surface area contributed by atoms with Crippen molar-refractivity contribution in [2.45, 2.75) is 48.4 Å². The number of piperidine rings is 1. The summed E-state index contributed by atoms with van der Waals surface area (Å²) in [5.74, 6) is -0.800. The van der Waals surface area contributed by atoms with Crippen LogP contribution in [0.15, 0.2) is 59.5 Å². The highest BCUT2D eigenvalue weighted by Crippen LogP contribution is 2.52. The van der Waals surface area contributed by atoms with Crippen LogP contribution in [0.1, 0.15) is 5.56 Å². The van der Waals surface area contributed by atoms with Crippen molar-refractivity contribution in [1.82, 2.24) is 4.31 Å². The molecule has 9 heteroatoms. The number of carbonyl (C=O) groups is 1. The minimum absolute atomic E-state index is 0.0151. The van der Waals surface area contributed by atoms with E-state index in [0.717, 1.165) is 15.1 Å². The van der Waals surface area contributed by atoms with Crippen molar-refractivity contribution in [3.63, 3.8) is 0 Å². The Balaban J connectivity index is 1.80. The van der Waals surface area contributed by atoms with Gasteiger partial charge in [0.2, 0.25) is 10.0 Å². The zero-order valence-electron chi connectivity index (χ0n) is 18.0. The van der Waals surface area contributed by atoms with Crippen LogP contribution in [0.3, 0.4) is 0 Å². The van der Waals surface area contributed by atoms with Gasteiger partial charge >= 0.3 is 5.97 Å². The fourth-order valence-corrected chi connectivity index (χ4v) is 9.71. The molecule has 0 radical (unpaired) electrons. The predicted octanol–water partition coefficient (Wildman–Crippen LogP) is 1.19. The summed E-state index contributed by atoms with van der Waals surface area (Å²) in [5, 5.41) is 11.3. The van der Waals surface area contributed by atoms with Gasteiger partial charge < -0.3 is 14.6 Å². The number of methoxy groups -OCH3 is 1. The molecule has 4 rings (SSSR count). The van der Waals surface area contributed by atoms with Crippen molar-refractivity contribution in [1.29, 1.82) is 0 Å². The summed E-state index contributed by atoms with van der Waals surface area (Å²) in [6, 6.07) is 14.9. The van der Waals surface area contributed by atoms with Gasteiger partial charge in [0, 0.05) is 6.54 Å². The molecule has 31 heavy (non-hydrogen) atoms. The highest BCUT2D eigenvalue weighted by atomic mass is 32.2. The van der Waals surface area contributed by atoms with Crippen LogP contribution in [-0.4, -0.2) is 69.0 Å². The number of hydrogen-bond acceptors (Lipinski definition) is 6. The van der Waals surface area contributed by atoms with Gasteiger partial charge in [0.05, 0.1) is 12.0 Å². The number of epoxide rings is 1. The number of sulfonamides is 1. The summed E-state index contributed by atoms with van der Waals surface area (Å²) < 4.78 is 39.3. The number of nitrogens with zero attached hydrogens (tertiary/aromatic N) is 1. The first-order valence-corrected chi connectivity index (χ1v) is 14.6. The van der Waals surface area contributed by atoms with Crippen LogP contribution in [0.4, 0.5) is 0 Å². The Morgan fingerprint density at radius 1 is 1.16 bits per heavy atom. The first-order chi connectivity index (χ1) is 14.6. The monoisotopic (exact) mass is 461 g/mol. The molecule has 2 saturated heterocycles. The molecule has 1 N–H and O–H groups in total. The first-order valence-electron chi connectivity index (χ1n) is 10.1. The predicted molar refractivity (Wildman–Crippen MR) is 118 cm³/mol. The smallest absolute Gasteiger partial charge is 0.326 e. The Morgan fingerprint density at radius 3 is 2.35 bits per heavy atom. The highest BCUT2D eigenvalue weighted by Gasteiger charge is 2.75. The quantitative estimate of drug-likeness (QED) is 0.408. The van der Waals surface area contributed by atoms with Gasteiger partial charge in [0.25, 0.3) is 0 Å². The van der Waals surface area contributed by atoms with Gasteiger partial charge in [-0.2, -0.15) is 4.31 Å². The third kappa shape index (κ3) is 3.35. The minimum Gasteiger partial charge on any atom is -0.468 e. The third-order valence-electron chi connectivity index (χ3n) is 6.70. The fourth-order valence-electron chi connectivity index (χ4n) is 4.59. The maximum atomic E-state index is 13.6. The molecule has 0 aromatic heterocycles. The maximum absolute atomic E-state index is 13.6. The lowest BCUT2D eigenvalue weighted by atomic mass is 10.0. The summed E-state index contributed by atoms with van der Waals surface area (Å²) >= 11 is 0. The van der Waals surface area contributed by atoms with E-state index < -0.39 is 47.5 Å². The molecule has 0 unspecified atom stereocenters. The van der Waals surface area contributed by atoms with E-state index in [1.807, 2.05) is 37.3 Å². The molecular formula is C22H27NO6SSi. The van der Waals surface area contributed by atoms with Crippen molar-refractivity contribution in [3.8, 4) is 0 Å². The second-order valence-electron chi connectivity index (χ2n) is 8.74. The Labute approximate surface area is 183 Å². The molecule has 0 saturated carbocycles. The molecule has 2 aromatic carbocycles. The van der Waals surface area contributed by atoms with Crippen molar-refractivity contribution in [3.05, 3.63) is 60.2 Å². The fraction of sp³-hybridized carbons (Fsp3) is 0.409. The van der Waals surface area contributed by atoms with E-state index in [2.05, 4.69) is 13.1 Å². The van der Waals surface area contributed by atoms with E-state index in [9.17, 15) is 18.3 Å². The van der Waals surface area contributed by atoms with Crippen molar-refractivity contribution in [2.24, 2.45) is 0 Å². The van der Waals surface area contributed by atoms with Crippen LogP contribution < -0.4 is 5.19 Å². The SMILES string of the molecule is COC(=O)[C@@H]1[C@@H](O)[C@@H]2O[C@]2([Si](C)(C)c2ccccc2)CN1S(=O)(=O)c1ccc(C)cc1. The van der Waals surface area contributed by atoms with E-state index in [-0.39, 0.29) is 11.4 Å². The van der Waals surface area contributed by atoms with Gasteiger partial charge in [-0.3, -0.25) is 4.79 Å². The topological polar surface area (TPSA) is 96.4 Å². The lowest BCUT2D eigenvalue weighted by molar-refractivity contribution is -0.150. The lowest BCUT2D eigenvalue weighted by Gasteiger charge is -2.42. The first kappa shape index (κ1) is 22.2. The van der Waals surface area contributed by atoms with Crippen LogP contribution in [-0.2, 0) is 24.3 Å². The van der Waals surface area contributed by atoms with Crippen LogP contribution >= 0.6 is 0 Å². The molecule has 7 nitrogen and oxygen atoms in total. The summed E-state index contributed by atoms with van der Waals surface area (Å²) in [7, 11) is -5.32. The number of aryl methyl sites for hydroxylation is 1. The van der Waals surface area contributed by atoms with E-state index in [0.29, 0.717) is 0 Å². The molecular weight excluding hydrogens is 434 g/mol. The molecule has 0 amide bonds. The highest BCUT2D eigenvalue weighted by molar-refractivity contribution is 7.89. The average molecular weight is 462 g/mol. The summed E-state index contributed by atoms with van der Waals surface area (Å²) in [6.07, 6.45) is -1.94. The molecule has 2 heterocycles. The summed E-state index contributed by atoms with van der Waals surface area (Å²) in [4.78, 5) is 12.6. The molecule has 0 bridgehead atoms. The number of rotatable bonds is 5. The molecule has 166 valence electrons. The maximum Gasteiger partial charge on any atom is 0.326 e. The van der Waals surface area contributed by atoms with Crippen LogP contribution in [0, 0.1) is 6.92 Å². The number of carbonyl (C=O) groups excluding carboxylic acids is 1. The van der Waals surface area contributed by atoms with E-state index in [1.165, 1.54) is 19.2 Å². The van der Waals surface area contributed by atoms with Crippen LogP contribution in [0.25, 0.3) is 0 Å². The van der Waals surface area contributed by atoms with Crippen molar-refractivity contribution in [2.75, 3.05) is 13.7 Å². The summed E-state index contributed by atoms with van der Waals surface area (Å²) in [5.41, 5.74) is 0.918. The molecule has 0 spiro atoms. The lowest BCUT2D eigenvalue weighted by Crippen LogP contribution is -2.69. The van der Waals surface area contributed by atoms with Gasteiger partial charge in [0.1, 0.15) is 25.5 Å². The zero-order valence-corrected chi connectivity index (χ0v) is 19.8. The van der Waals surface area contributed by atoms with Gasteiger partial charge in [0.15, 0.2) is 6.04 Å². The second-order valence-corrected chi connectivity index (χ2v) is 15.3. The third-order valence-corrected chi connectivity index (χ3v) is 13.0. The van der Waals surface area contributed by atoms with Crippen LogP contribution in [0.5, 0.6) is 0 Å². The Hall–Kier alpha value is -2.04. The second kappa shape index (κ2) is 7.53. The number of fused-ring (bicyclic) bond motifs is 1. The van der Waals surface area contributed by atoms with Gasteiger partial charge in [-0.15, -0.1) is 0 Å². The standard InChI is InChI=1S/C22H27NO6SSi/c1-15-10-12-16(13-11-15)30(26,27)23-14-22(31(3,4)17-8-6-5-7-9-17)20(29-22)19(24)18(23)21(25)28-2/h5-13,18-20,24H,14H2,1-4H3/t18-,19+,20-,22-/m0/s1. The molecule has 2 aromatic rings. The van der Waals surface area contributed by atoms with Gasteiger partial charge in [-0.1, -0.05) is 66.3 Å². The largest absolute Gasteiger partial charge is 0.468 e. The zero-order chi connectivity index (χ0) is 22.6.